The summed E-state index contributed by atoms with van der Waals surface area (Å²) in [5.74, 6) is 0.965. The van der Waals surface area contributed by atoms with E-state index in [4.69, 9.17) is 5.11 Å². The fourth-order valence-corrected chi connectivity index (χ4v) is 2.87. The molecular weight excluding hydrogens is 280 g/mol. The van der Waals surface area contributed by atoms with E-state index in [1.54, 1.807) is 17.1 Å². The molecule has 1 unspecified atom stereocenters. The molecule has 1 fully saturated rings. The van der Waals surface area contributed by atoms with Crippen molar-refractivity contribution in [2.24, 2.45) is 0 Å². The highest BCUT2D eigenvalue weighted by molar-refractivity contribution is 5.50. The third kappa shape index (κ3) is 2.92. The molecule has 0 amide bonds. The molecule has 0 spiro atoms. The lowest BCUT2D eigenvalue weighted by atomic mass is 9.95. The molecule has 7 heteroatoms. The molecule has 0 bridgehead atoms. The number of piperidine rings is 1. The summed E-state index contributed by atoms with van der Waals surface area (Å²) in [5, 5.41) is 22.7. The van der Waals surface area contributed by atoms with Gasteiger partial charge in [0.15, 0.2) is 11.5 Å². The summed E-state index contributed by atoms with van der Waals surface area (Å²) in [5.41, 5.74) is 1.40. The van der Waals surface area contributed by atoms with Crippen LogP contribution in [0.3, 0.4) is 0 Å². The van der Waals surface area contributed by atoms with Gasteiger partial charge in [0.2, 0.25) is 0 Å². The first-order chi connectivity index (χ1) is 10.8. The Morgan fingerprint density at radius 3 is 3.05 bits per heavy atom. The van der Waals surface area contributed by atoms with Crippen LogP contribution in [0.15, 0.2) is 24.7 Å². The molecular formula is C15H18N6O. The lowest BCUT2D eigenvalue weighted by Crippen LogP contribution is -2.35. The Balaban J connectivity index is 1.77. The van der Waals surface area contributed by atoms with Crippen molar-refractivity contribution in [1.82, 2.24) is 19.7 Å². The maximum atomic E-state index is 9.18. The predicted molar refractivity (Wildman–Crippen MR) is 80.2 cm³/mol. The van der Waals surface area contributed by atoms with Crippen molar-refractivity contribution in [2.75, 3.05) is 24.6 Å². The average Bonchev–Trinajstić information content (AvgIpc) is 3.04. The highest BCUT2D eigenvalue weighted by Crippen LogP contribution is 2.29. The van der Waals surface area contributed by atoms with Crippen LogP contribution in [0.2, 0.25) is 0 Å². The normalized spacial score (nSPS) is 18.2. The topological polar surface area (TPSA) is 90.9 Å². The summed E-state index contributed by atoms with van der Waals surface area (Å²) in [6, 6.07) is 4.11. The fourth-order valence-electron chi connectivity index (χ4n) is 2.87. The molecule has 114 valence electrons. The van der Waals surface area contributed by atoms with Gasteiger partial charge in [0.05, 0.1) is 18.8 Å². The van der Waals surface area contributed by atoms with Crippen LogP contribution in [0.4, 0.5) is 5.82 Å². The number of aliphatic hydroxyl groups excluding tert-OH is 1. The Morgan fingerprint density at radius 1 is 1.36 bits per heavy atom. The van der Waals surface area contributed by atoms with E-state index in [2.05, 4.69) is 26.0 Å². The van der Waals surface area contributed by atoms with Crippen LogP contribution in [0.5, 0.6) is 0 Å². The zero-order valence-corrected chi connectivity index (χ0v) is 12.3. The Kier molecular flexibility index (Phi) is 4.30. The van der Waals surface area contributed by atoms with Crippen LogP contribution in [-0.4, -0.2) is 44.6 Å². The molecule has 7 nitrogen and oxygen atoms in total. The van der Waals surface area contributed by atoms with Crippen LogP contribution in [0, 0.1) is 11.3 Å². The maximum absolute atomic E-state index is 9.18. The van der Waals surface area contributed by atoms with Crippen molar-refractivity contribution in [1.29, 1.82) is 5.26 Å². The lowest BCUT2D eigenvalue weighted by molar-refractivity contribution is 0.268. The van der Waals surface area contributed by atoms with Gasteiger partial charge >= 0.3 is 0 Å². The number of nitrogens with zero attached hydrogens (tertiary/aromatic N) is 6. The molecule has 1 N–H and O–H groups in total. The first kappa shape index (κ1) is 14.5. The number of anilines is 1. The summed E-state index contributed by atoms with van der Waals surface area (Å²) in [6.45, 7) is 2.26. The van der Waals surface area contributed by atoms with E-state index in [-0.39, 0.29) is 6.61 Å². The monoisotopic (exact) mass is 298 g/mol. The molecule has 1 saturated heterocycles. The first-order valence-electron chi connectivity index (χ1n) is 7.42. The molecule has 0 aliphatic carbocycles. The second-order valence-corrected chi connectivity index (χ2v) is 5.35. The number of aliphatic hydroxyl groups is 1. The summed E-state index contributed by atoms with van der Waals surface area (Å²) >= 11 is 0. The van der Waals surface area contributed by atoms with E-state index in [0.717, 1.165) is 31.6 Å². The third-order valence-corrected chi connectivity index (χ3v) is 3.91. The van der Waals surface area contributed by atoms with Crippen molar-refractivity contribution in [3.8, 4) is 6.07 Å². The van der Waals surface area contributed by atoms with E-state index < -0.39 is 0 Å². The highest BCUT2D eigenvalue weighted by Gasteiger charge is 2.25. The second kappa shape index (κ2) is 6.54. The highest BCUT2D eigenvalue weighted by atomic mass is 16.3. The zero-order valence-electron chi connectivity index (χ0n) is 12.3. The molecule has 0 radical (unpaired) electrons. The summed E-state index contributed by atoms with van der Waals surface area (Å²) in [4.78, 5) is 10.5. The molecule has 0 saturated carbocycles. The zero-order chi connectivity index (χ0) is 15.4. The van der Waals surface area contributed by atoms with Crippen molar-refractivity contribution in [3.05, 3.63) is 36.0 Å². The van der Waals surface area contributed by atoms with Crippen LogP contribution in [0.25, 0.3) is 0 Å². The number of hydrogen-bond donors (Lipinski definition) is 1. The van der Waals surface area contributed by atoms with E-state index in [1.807, 2.05) is 12.3 Å². The third-order valence-electron chi connectivity index (χ3n) is 3.91. The first-order valence-corrected chi connectivity index (χ1v) is 7.42. The summed E-state index contributed by atoms with van der Waals surface area (Å²) in [6.07, 6.45) is 7.15. The van der Waals surface area contributed by atoms with E-state index in [0.29, 0.717) is 24.0 Å². The standard InChI is InChI=1S/C15H18N6O/c16-10-14-15(18-5-4-17-14)20-6-1-2-12(11-20)13-3-7-21(19-13)8-9-22/h3-5,7,12,22H,1-2,6,8-9,11H2. The van der Waals surface area contributed by atoms with Gasteiger partial charge < -0.3 is 10.0 Å². The fraction of sp³-hybridized carbons (Fsp3) is 0.467. The molecule has 1 aliphatic heterocycles. The van der Waals surface area contributed by atoms with E-state index in [9.17, 15) is 5.26 Å². The average molecular weight is 298 g/mol. The van der Waals surface area contributed by atoms with Gasteiger partial charge in [-0.05, 0) is 18.9 Å². The van der Waals surface area contributed by atoms with Gasteiger partial charge in [-0.15, -0.1) is 0 Å². The molecule has 2 aromatic rings. The van der Waals surface area contributed by atoms with E-state index in [1.165, 1.54) is 0 Å². The Hall–Kier alpha value is -2.46. The molecule has 0 aromatic carbocycles. The minimum absolute atomic E-state index is 0.0864. The Bertz CT molecular complexity index is 677. The van der Waals surface area contributed by atoms with Gasteiger partial charge in [-0.1, -0.05) is 0 Å². The van der Waals surface area contributed by atoms with Gasteiger partial charge in [0.25, 0.3) is 0 Å². The Labute approximate surface area is 128 Å². The van der Waals surface area contributed by atoms with Crippen molar-refractivity contribution < 1.29 is 5.11 Å². The van der Waals surface area contributed by atoms with Gasteiger partial charge in [-0.25, -0.2) is 9.97 Å². The van der Waals surface area contributed by atoms with Crippen LogP contribution in [0.1, 0.15) is 30.1 Å². The number of rotatable bonds is 4. The van der Waals surface area contributed by atoms with Gasteiger partial charge in [0, 0.05) is 37.6 Å². The molecule has 2 aromatic heterocycles. The smallest absolute Gasteiger partial charge is 0.183 e. The van der Waals surface area contributed by atoms with Crippen molar-refractivity contribution in [2.45, 2.75) is 25.3 Å². The molecule has 3 rings (SSSR count). The largest absolute Gasteiger partial charge is 0.394 e. The molecule has 22 heavy (non-hydrogen) atoms. The summed E-state index contributed by atoms with van der Waals surface area (Å²) < 4.78 is 1.76. The number of aromatic nitrogens is 4. The van der Waals surface area contributed by atoms with Gasteiger partial charge in [-0.2, -0.15) is 10.4 Å². The lowest BCUT2D eigenvalue weighted by Gasteiger charge is -2.32. The molecule has 3 heterocycles. The molecule has 1 atom stereocenters. The van der Waals surface area contributed by atoms with Gasteiger partial charge in [-0.3, -0.25) is 4.68 Å². The van der Waals surface area contributed by atoms with Gasteiger partial charge in [0.1, 0.15) is 6.07 Å². The number of hydrogen-bond acceptors (Lipinski definition) is 6. The minimum atomic E-state index is 0.0864. The van der Waals surface area contributed by atoms with Crippen LogP contribution in [-0.2, 0) is 6.54 Å². The summed E-state index contributed by atoms with van der Waals surface area (Å²) in [7, 11) is 0. The Morgan fingerprint density at radius 2 is 2.23 bits per heavy atom. The van der Waals surface area contributed by atoms with Crippen molar-refractivity contribution >= 4 is 5.82 Å². The van der Waals surface area contributed by atoms with Crippen LogP contribution >= 0.6 is 0 Å². The second-order valence-electron chi connectivity index (χ2n) is 5.35. The van der Waals surface area contributed by atoms with Crippen LogP contribution < -0.4 is 4.90 Å². The SMILES string of the molecule is N#Cc1nccnc1N1CCCC(c2ccn(CCO)n2)C1. The predicted octanol–water partition coefficient (Wildman–Crippen LogP) is 0.921. The minimum Gasteiger partial charge on any atom is -0.394 e. The maximum Gasteiger partial charge on any atom is 0.183 e. The number of nitriles is 1. The van der Waals surface area contributed by atoms with Crippen molar-refractivity contribution in [3.63, 3.8) is 0 Å². The quantitative estimate of drug-likeness (QED) is 0.902. The molecule has 1 aliphatic rings. The van der Waals surface area contributed by atoms with E-state index >= 15 is 0 Å².